The minimum atomic E-state index is -3.93. The molecule has 27 heavy (non-hydrogen) atoms. The van der Waals surface area contributed by atoms with Crippen LogP contribution < -0.4 is 14.9 Å². The van der Waals surface area contributed by atoms with Crippen molar-refractivity contribution in [3.8, 4) is 0 Å². The minimum absolute atomic E-state index is 0.0325. The second kappa shape index (κ2) is 8.55. The number of rotatable bonds is 7. The van der Waals surface area contributed by atoms with E-state index in [9.17, 15) is 17.2 Å². The van der Waals surface area contributed by atoms with E-state index in [1.165, 1.54) is 0 Å². The third kappa shape index (κ3) is 5.08. The fourth-order valence-corrected chi connectivity index (χ4v) is 3.58. The van der Waals surface area contributed by atoms with Gasteiger partial charge in [0.2, 0.25) is 10.0 Å². The molecule has 0 bridgehead atoms. The van der Waals surface area contributed by atoms with Crippen LogP contribution in [0.4, 0.5) is 20.3 Å². The van der Waals surface area contributed by atoms with Crippen molar-refractivity contribution in [2.24, 2.45) is 0 Å². The molecule has 1 aromatic heterocycles. The number of sulfonamides is 1. The Morgan fingerprint density at radius 2 is 1.89 bits per heavy atom. The van der Waals surface area contributed by atoms with Gasteiger partial charge in [0, 0.05) is 32.2 Å². The van der Waals surface area contributed by atoms with Crippen molar-refractivity contribution in [2.45, 2.75) is 4.90 Å². The van der Waals surface area contributed by atoms with Crippen LogP contribution in [0.15, 0.2) is 35.4 Å². The minimum Gasteiger partial charge on any atom is -0.378 e. The van der Waals surface area contributed by atoms with Crippen LogP contribution in [-0.4, -0.2) is 58.0 Å². The van der Waals surface area contributed by atoms with Gasteiger partial charge in [-0.15, -0.1) is 5.10 Å². The van der Waals surface area contributed by atoms with Crippen LogP contribution in [0.25, 0.3) is 0 Å². The molecule has 0 saturated carbocycles. The summed E-state index contributed by atoms with van der Waals surface area (Å²) in [5, 5.41) is 10.9. The van der Waals surface area contributed by atoms with Gasteiger partial charge < -0.3 is 15.0 Å². The summed E-state index contributed by atoms with van der Waals surface area (Å²) in [6, 6.07) is 4.24. The number of anilines is 2. The lowest BCUT2D eigenvalue weighted by Crippen LogP contribution is -2.36. The molecule has 146 valence electrons. The fraction of sp³-hybridized carbons (Fsp3) is 0.375. The van der Waals surface area contributed by atoms with Crippen LogP contribution >= 0.6 is 0 Å². The van der Waals surface area contributed by atoms with Gasteiger partial charge in [-0.2, -0.15) is 5.10 Å². The molecule has 1 fully saturated rings. The van der Waals surface area contributed by atoms with Gasteiger partial charge in [0.1, 0.15) is 0 Å². The molecule has 0 aliphatic carbocycles. The van der Waals surface area contributed by atoms with Gasteiger partial charge in [-0.05, 0) is 18.2 Å². The van der Waals surface area contributed by atoms with Gasteiger partial charge in [-0.25, -0.2) is 21.9 Å². The van der Waals surface area contributed by atoms with Crippen LogP contribution in [0.2, 0.25) is 0 Å². The molecule has 2 N–H and O–H groups in total. The maximum Gasteiger partial charge on any atom is 0.240 e. The molecule has 2 heterocycles. The number of halogens is 2. The predicted molar refractivity (Wildman–Crippen MR) is 95.1 cm³/mol. The van der Waals surface area contributed by atoms with E-state index in [4.69, 9.17) is 4.74 Å². The summed E-state index contributed by atoms with van der Waals surface area (Å²) in [6.07, 6.45) is 1.66. The summed E-state index contributed by atoms with van der Waals surface area (Å²) in [4.78, 5) is 1.78. The summed E-state index contributed by atoms with van der Waals surface area (Å²) in [6.45, 7) is 3.10. The van der Waals surface area contributed by atoms with Crippen molar-refractivity contribution in [2.75, 3.05) is 49.6 Å². The van der Waals surface area contributed by atoms with Crippen LogP contribution in [0.1, 0.15) is 0 Å². The zero-order valence-electron chi connectivity index (χ0n) is 14.4. The summed E-state index contributed by atoms with van der Waals surface area (Å²) < 4.78 is 57.9. The molecule has 8 nitrogen and oxygen atoms in total. The quantitative estimate of drug-likeness (QED) is 0.670. The van der Waals surface area contributed by atoms with Gasteiger partial charge in [0.15, 0.2) is 17.5 Å². The van der Waals surface area contributed by atoms with E-state index in [1.807, 2.05) is 6.07 Å². The largest absolute Gasteiger partial charge is 0.378 e. The Morgan fingerprint density at radius 3 is 2.63 bits per heavy atom. The van der Waals surface area contributed by atoms with Crippen molar-refractivity contribution in [3.63, 3.8) is 0 Å². The second-order valence-electron chi connectivity index (χ2n) is 5.80. The molecule has 1 aliphatic rings. The Bertz CT molecular complexity index is 891. The maximum absolute atomic E-state index is 13.2. The zero-order valence-corrected chi connectivity index (χ0v) is 15.2. The number of hydrogen-bond acceptors (Lipinski definition) is 7. The Hall–Kier alpha value is -2.37. The molecule has 0 amide bonds. The molecule has 0 spiro atoms. The highest BCUT2D eigenvalue weighted by Crippen LogP contribution is 2.17. The average molecular weight is 399 g/mol. The Morgan fingerprint density at radius 1 is 1.11 bits per heavy atom. The molecule has 3 rings (SSSR count). The summed E-state index contributed by atoms with van der Waals surface area (Å²) in [5.74, 6) is -1.81. The van der Waals surface area contributed by atoms with Crippen LogP contribution in [0, 0.1) is 11.6 Å². The van der Waals surface area contributed by atoms with Gasteiger partial charge in [0.05, 0.1) is 30.0 Å². The zero-order chi connectivity index (χ0) is 19.3. The Balaban J connectivity index is 1.53. The van der Waals surface area contributed by atoms with E-state index < -0.39 is 21.7 Å². The van der Waals surface area contributed by atoms with E-state index in [2.05, 4.69) is 25.1 Å². The van der Waals surface area contributed by atoms with Crippen LogP contribution in [0.3, 0.4) is 0 Å². The second-order valence-corrected chi connectivity index (χ2v) is 7.57. The first-order chi connectivity index (χ1) is 13.0. The van der Waals surface area contributed by atoms with E-state index in [-0.39, 0.29) is 18.0 Å². The number of ether oxygens (including phenoxy) is 1. The number of aromatic nitrogens is 2. The first-order valence-corrected chi connectivity index (χ1v) is 9.78. The molecule has 0 radical (unpaired) electrons. The standard InChI is InChI=1S/C16H19F2N5O3S/c17-14-2-1-13(10-15(14)18)27(24,25)21-4-3-19-16-9-12(11-20-22-16)23-5-7-26-8-6-23/h1-2,9-11,21H,3-8H2,(H,19,22). The number of benzene rings is 1. The molecule has 2 aromatic rings. The number of nitrogens with zero attached hydrogens (tertiary/aromatic N) is 3. The first kappa shape index (κ1) is 19.4. The maximum atomic E-state index is 13.2. The molecule has 11 heteroatoms. The molecular formula is C16H19F2N5O3S. The summed E-state index contributed by atoms with van der Waals surface area (Å²) in [7, 11) is -3.93. The molecule has 1 aliphatic heterocycles. The first-order valence-electron chi connectivity index (χ1n) is 8.30. The predicted octanol–water partition coefficient (Wildman–Crippen LogP) is 0.982. The van der Waals surface area contributed by atoms with Gasteiger partial charge in [0.25, 0.3) is 0 Å². The number of hydrogen-bond donors (Lipinski definition) is 2. The topological polar surface area (TPSA) is 96.5 Å². The highest BCUT2D eigenvalue weighted by Gasteiger charge is 2.16. The van der Waals surface area contributed by atoms with Crippen molar-refractivity contribution in [1.82, 2.24) is 14.9 Å². The molecule has 0 atom stereocenters. The monoisotopic (exact) mass is 399 g/mol. The SMILES string of the molecule is O=S(=O)(NCCNc1cc(N2CCOCC2)cnn1)c1ccc(F)c(F)c1. The Kier molecular flexibility index (Phi) is 6.14. The van der Waals surface area contributed by atoms with Gasteiger partial charge in [-0.3, -0.25) is 0 Å². The lowest BCUT2D eigenvalue weighted by Gasteiger charge is -2.28. The summed E-state index contributed by atoms with van der Waals surface area (Å²) in [5.41, 5.74) is 0.901. The smallest absolute Gasteiger partial charge is 0.240 e. The Labute approximate surface area is 155 Å². The van der Waals surface area contributed by atoms with Crippen molar-refractivity contribution in [1.29, 1.82) is 0 Å². The van der Waals surface area contributed by atoms with E-state index >= 15 is 0 Å². The summed E-state index contributed by atoms with van der Waals surface area (Å²) >= 11 is 0. The third-order valence-corrected chi connectivity index (χ3v) is 5.40. The van der Waals surface area contributed by atoms with E-state index in [0.717, 1.165) is 30.9 Å². The lowest BCUT2D eigenvalue weighted by molar-refractivity contribution is 0.122. The van der Waals surface area contributed by atoms with Gasteiger partial charge in [-0.1, -0.05) is 0 Å². The highest BCUT2D eigenvalue weighted by atomic mass is 32.2. The molecule has 1 aromatic carbocycles. The number of morpholine rings is 1. The molecule has 1 saturated heterocycles. The average Bonchev–Trinajstić information content (AvgIpc) is 2.68. The lowest BCUT2D eigenvalue weighted by atomic mass is 10.3. The van der Waals surface area contributed by atoms with E-state index in [0.29, 0.717) is 25.1 Å². The molecular weight excluding hydrogens is 380 g/mol. The van der Waals surface area contributed by atoms with Crippen LogP contribution in [-0.2, 0) is 14.8 Å². The van der Waals surface area contributed by atoms with Crippen molar-refractivity contribution < 1.29 is 21.9 Å². The number of nitrogens with one attached hydrogen (secondary N) is 2. The third-order valence-electron chi connectivity index (χ3n) is 3.94. The van der Waals surface area contributed by atoms with E-state index in [1.54, 1.807) is 6.20 Å². The fourth-order valence-electron chi connectivity index (χ4n) is 2.54. The normalized spacial score (nSPS) is 15.0. The van der Waals surface area contributed by atoms with Crippen LogP contribution in [0.5, 0.6) is 0 Å². The van der Waals surface area contributed by atoms with Crippen molar-refractivity contribution >= 4 is 21.5 Å². The molecule has 0 unspecified atom stereocenters. The van der Waals surface area contributed by atoms with Gasteiger partial charge >= 0.3 is 0 Å². The van der Waals surface area contributed by atoms with Crippen molar-refractivity contribution in [3.05, 3.63) is 42.1 Å². The highest BCUT2D eigenvalue weighted by molar-refractivity contribution is 7.89.